The lowest BCUT2D eigenvalue weighted by atomic mass is 9.99. The Morgan fingerprint density at radius 2 is 2.03 bits per heavy atom. The number of halogens is 2. The monoisotopic (exact) mass is 427 g/mol. The molecule has 1 saturated heterocycles. The largest absolute Gasteiger partial charge is 0.497 e. The van der Waals surface area contributed by atoms with Gasteiger partial charge in [-0.2, -0.15) is 0 Å². The molecule has 30 heavy (non-hydrogen) atoms. The van der Waals surface area contributed by atoms with E-state index in [0.717, 1.165) is 11.6 Å². The van der Waals surface area contributed by atoms with E-state index in [1.807, 2.05) is 0 Å². The molecule has 4 rings (SSSR count). The molecule has 7 nitrogen and oxygen atoms in total. The van der Waals surface area contributed by atoms with E-state index in [1.165, 1.54) is 24.1 Å². The number of nitrogens with zero attached hydrogens (tertiary/aromatic N) is 1. The van der Waals surface area contributed by atoms with Crippen molar-refractivity contribution in [1.82, 2.24) is 15.5 Å². The Morgan fingerprint density at radius 1 is 1.23 bits per heavy atom. The number of fused-ring (bicyclic) bond motifs is 1. The first-order valence-electron chi connectivity index (χ1n) is 8.89. The minimum Gasteiger partial charge on any atom is -0.497 e. The SMILES string of the molecule is COc1ccc2c(c1)C(=O)N(C[C@@]1(C#Cc3ccc(Cl)c(F)c3)NC(=O)NC1=O)C2. The van der Waals surface area contributed by atoms with Crippen molar-refractivity contribution < 1.29 is 23.5 Å². The number of methoxy groups -OCH3 is 1. The van der Waals surface area contributed by atoms with Gasteiger partial charge in [-0.1, -0.05) is 29.5 Å². The predicted octanol–water partition coefficient (Wildman–Crippen LogP) is 2.07. The first-order chi connectivity index (χ1) is 14.3. The second-order valence-electron chi connectivity index (χ2n) is 6.88. The summed E-state index contributed by atoms with van der Waals surface area (Å²) in [4.78, 5) is 38.7. The average molecular weight is 428 g/mol. The van der Waals surface area contributed by atoms with Crippen LogP contribution in [0, 0.1) is 17.7 Å². The van der Waals surface area contributed by atoms with Gasteiger partial charge in [0.05, 0.1) is 18.7 Å². The minimum atomic E-state index is -1.67. The van der Waals surface area contributed by atoms with Gasteiger partial charge in [-0.05, 0) is 35.9 Å². The van der Waals surface area contributed by atoms with E-state index in [-0.39, 0.29) is 29.6 Å². The highest BCUT2D eigenvalue weighted by Gasteiger charge is 2.48. The van der Waals surface area contributed by atoms with Crippen molar-refractivity contribution in [2.45, 2.75) is 12.1 Å². The molecule has 9 heteroatoms. The lowest BCUT2D eigenvalue weighted by Crippen LogP contribution is -2.54. The summed E-state index contributed by atoms with van der Waals surface area (Å²) in [6.07, 6.45) is 0. The number of imide groups is 1. The third kappa shape index (κ3) is 3.44. The number of hydrogen-bond acceptors (Lipinski definition) is 4. The van der Waals surface area contributed by atoms with E-state index in [0.29, 0.717) is 11.3 Å². The predicted molar refractivity (Wildman–Crippen MR) is 105 cm³/mol. The number of nitrogens with one attached hydrogen (secondary N) is 2. The van der Waals surface area contributed by atoms with Crippen LogP contribution in [-0.4, -0.2) is 41.9 Å². The van der Waals surface area contributed by atoms with Crippen molar-refractivity contribution in [2.75, 3.05) is 13.7 Å². The molecule has 0 bridgehead atoms. The molecular formula is C21H15ClFN3O4. The Morgan fingerprint density at radius 3 is 2.70 bits per heavy atom. The fourth-order valence-corrected chi connectivity index (χ4v) is 3.48. The number of carbonyl (C=O) groups excluding carboxylic acids is 3. The van der Waals surface area contributed by atoms with Gasteiger partial charge in [-0.25, -0.2) is 9.18 Å². The summed E-state index contributed by atoms with van der Waals surface area (Å²) < 4.78 is 18.9. The van der Waals surface area contributed by atoms with Crippen LogP contribution in [0.2, 0.25) is 5.02 Å². The van der Waals surface area contributed by atoms with Gasteiger partial charge in [0.15, 0.2) is 0 Å². The van der Waals surface area contributed by atoms with Gasteiger partial charge < -0.3 is 15.0 Å². The first-order valence-corrected chi connectivity index (χ1v) is 9.27. The smallest absolute Gasteiger partial charge is 0.323 e. The van der Waals surface area contributed by atoms with Crippen LogP contribution in [0.3, 0.4) is 0 Å². The zero-order chi connectivity index (χ0) is 21.5. The van der Waals surface area contributed by atoms with Gasteiger partial charge in [0.2, 0.25) is 5.54 Å². The van der Waals surface area contributed by atoms with Crippen LogP contribution in [0.15, 0.2) is 36.4 Å². The molecule has 2 aromatic rings. The van der Waals surface area contributed by atoms with E-state index in [2.05, 4.69) is 22.5 Å². The first kappa shape index (κ1) is 19.7. The Hall–Kier alpha value is -3.57. The fraction of sp³-hybridized carbons (Fsp3) is 0.190. The second kappa shape index (κ2) is 7.35. The molecule has 2 heterocycles. The van der Waals surface area contributed by atoms with Crippen LogP contribution >= 0.6 is 11.6 Å². The molecule has 2 aromatic carbocycles. The van der Waals surface area contributed by atoms with Gasteiger partial charge in [-0.3, -0.25) is 14.9 Å². The highest BCUT2D eigenvalue weighted by Crippen LogP contribution is 2.28. The maximum atomic E-state index is 13.7. The molecule has 2 aliphatic heterocycles. The number of benzene rings is 2. The maximum Gasteiger partial charge on any atom is 0.323 e. The summed E-state index contributed by atoms with van der Waals surface area (Å²) in [6.45, 7) is 0.0732. The van der Waals surface area contributed by atoms with Gasteiger partial charge in [0.1, 0.15) is 11.6 Å². The van der Waals surface area contributed by atoms with Crippen LogP contribution in [0.1, 0.15) is 21.5 Å². The van der Waals surface area contributed by atoms with Crippen LogP contribution in [-0.2, 0) is 11.3 Å². The summed E-state index contributed by atoms with van der Waals surface area (Å²) in [5, 5.41) is 4.59. The Bertz CT molecular complexity index is 1160. The van der Waals surface area contributed by atoms with Gasteiger partial charge in [0, 0.05) is 17.7 Å². The van der Waals surface area contributed by atoms with Gasteiger partial charge in [0.25, 0.3) is 11.8 Å². The lowest BCUT2D eigenvalue weighted by molar-refractivity contribution is -0.122. The van der Waals surface area contributed by atoms with Crippen molar-refractivity contribution in [1.29, 1.82) is 0 Å². The summed E-state index contributed by atoms with van der Waals surface area (Å²) in [7, 11) is 1.50. The molecule has 0 radical (unpaired) electrons. The zero-order valence-electron chi connectivity index (χ0n) is 15.7. The van der Waals surface area contributed by atoms with Crippen molar-refractivity contribution in [3.05, 3.63) is 63.9 Å². The van der Waals surface area contributed by atoms with Crippen LogP contribution < -0.4 is 15.4 Å². The fourth-order valence-electron chi connectivity index (χ4n) is 3.36. The van der Waals surface area contributed by atoms with Crippen LogP contribution in [0.25, 0.3) is 0 Å². The van der Waals surface area contributed by atoms with Gasteiger partial charge in [-0.15, -0.1) is 0 Å². The molecule has 152 valence electrons. The van der Waals surface area contributed by atoms with Crippen molar-refractivity contribution >= 4 is 29.4 Å². The Balaban J connectivity index is 1.65. The molecule has 0 unspecified atom stereocenters. The quantitative estimate of drug-likeness (QED) is 0.580. The lowest BCUT2D eigenvalue weighted by Gasteiger charge is -2.26. The molecule has 0 saturated carbocycles. The Kier molecular flexibility index (Phi) is 4.84. The number of ether oxygens (including phenoxy) is 1. The number of hydrogen-bond donors (Lipinski definition) is 2. The number of rotatable bonds is 3. The molecule has 0 aliphatic carbocycles. The molecule has 2 N–H and O–H groups in total. The summed E-state index contributed by atoms with van der Waals surface area (Å²) >= 11 is 5.68. The van der Waals surface area contributed by atoms with E-state index in [4.69, 9.17) is 16.3 Å². The number of urea groups is 1. The summed E-state index contributed by atoms with van der Waals surface area (Å²) in [5.74, 6) is 4.29. The molecule has 0 spiro atoms. The zero-order valence-corrected chi connectivity index (χ0v) is 16.5. The minimum absolute atomic E-state index is 0.0574. The summed E-state index contributed by atoms with van der Waals surface area (Å²) in [6, 6.07) is 8.38. The van der Waals surface area contributed by atoms with E-state index >= 15 is 0 Å². The van der Waals surface area contributed by atoms with Gasteiger partial charge >= 0.3 is 6.03 Å². The Labute approximate surface area is 176 Å². The standard InChI is InChI=1S/C21H15ClFN3O4/c1-30-14-4-3-13-10-26(18(27)15(13)9-14)11-21(19(28)24-20(29)25-21)7-6-12-2-5-16(22)17(23)8-12/h2-5,8-9H,10-11H2,1H3,(H2,24,25,28,29)/t21-/m1/s1. The molecule has 1 fully saturated rings. The van der Waals surface area contributed by atoms with E-state index < -0.39 is 23.3 Å². The third-order valence-electron chi connectivity index (χ3n) is 4.91. The summed E-state index contributed by atoms with van der Waals surface area (Å²) in [5.41, 5.74) is -0.170. The van der Waals surface area contributed by atoms with E-state index in [9.17, 15) is 18.8 Å². The second-order valence-corrected chi connectivity index (χ2v) is 7.28. The molecule has 1 atom stereocenters. The average Bonchev–Trinajstić information content (AvgIpc) is 3.18. The van der Waals surface area contributed by atoms with Crippen LogP contribution in [0.5, 0.6) is 5.75 Å². The van der Waals surface area contributed by atoms with Crippen molar-refractivity contribution in [3.63, 3.8) is 0 Å². The molecule has 4 amide bonds. The molecular weight excluding hydrogens is 413 g/mol. The van der Waals surface area contributed by atoms with Crippen molar-refractivity contribution in [2.24, 2.45) is 0 Å². The highest BCUT2D eigenvalue weighted by molar-refractivity contribution is 6.30. The topological polar surface area (TPSA) is 87.7 Å². The third-order valence-corrected chi connectivity index (χ3v) is 5.21. The normalized spacial score (nSPS) is 19.7. The molecule has 0 aromatic heterocycles. The number of carbonyl (C=O) groups is 3. The van der Waals surface area contributed by atoms with E-state index in [1.54, 1.807) is 18.2 Å². The molecule has 2 aliphatic rings. The van der Waals surface area contributed by atoms with Crippen LogP contribution in [0.4, 0.5) is 9.18 Å². The van der Waals surface area contributed by atoms with Crippen molar-refractivity contribution in [3.8, 4) is 17.6 Å². The highest BCUT2D eigenvalue weighted by atomic mass is 35.5. The maximum absolute atomic E-state index is 13.7. The number of amides is 4.